The van der Waals surface area contributed by atoms with Crippen LogP contribution in [0.25, 0.3) is 10.9 Å². The topological polar surface area (TPSA) is 46.5 Å². The van der Waals surface area contributed by atoms with Gasteiger partial charge in [-0.05, 0) is 45.2 Å². The van der Waals surface area contributed by atoms with Crippen molar-refractivity contribution in [1.82, 2.24) is 9.88 Å². The van der Waals surface area contributed by atoms with Gasteiger partial charge in [0.2, 0.25) is 0 Å². The van der Waals surface area contributed by atoms with Crippen molar-refractivity contribution in [2.45, 2.75) is 38.8 Å². The molecule has 1 unspecified atom stereocenters. The van der Waals surface area contributed by atoms with Crippen LogP contribution in [-0.2, 0) is 0 Å². The number of halogens is 1. The minimum atomic E-state index is -0.352. The number of nitrogens with one attached hydrogen (secondary N) is 1. The van der Waals surface area contributed by atoms with Crippen molar-refractivity contribution in [3.05, 3.63) is 33.9 Å². The third-order valence-electron chi connectivity index (χ3n) is 6.24. The number of anilines is 1. The normalized spacial score (nSPS) is 27.5. The molecule has 0 amide bonds. The van der Waals surface area contributed by atoms with E-state index < -0.39 is 0 Å². The number of hydrogen-bond acceptors (Lipinski definition) is 4. The van der Waals surface area contributed by atoms with E-state index in [1.54, 1.807) is 6.92 Å². The molecule has 138 valence electrons. The van der Waals surface area contributed by atoms with Crippen molar-refractivity contribution >= 4 is 16.6 Å². The Morgan fingerprint density at radius 1 is 1.35 bits per heavy atom. The lowest BCUT2D eigenvalue weighted by atomic mass is 9.94. The zero-order valence-corrected chi connectivity index (χ0v) is 15.2. The van der Waals surface area contributed by atoms with Crippen molar-refractivity contribution in [3.63, 3.8) is 0 Å². The summed E-state index contributed by atoms with van der Waals surface area (Å²) >= 11 is 0. The molecular formula is C20H24FN3O2. The quantitative estimate of drug-likeness (QED) is 0.852. The Bertz CT molecular complexity index is 940. The Morgan fingerprint density at radius 3 is 3.00 bits per heavy atom. The number of piperidine rings is 1. The second-order valence-electron chi connectivity index (χ2n) is 8.01. The van der Waals surface area contributed by atoms with Crippen molar-refractivity contribution in [3.8, 4) is 5.75 Å². The molecule has 2 fully saturated rings. The van der Waals surface area contributed by atoms with Gasteiger partial charge in [0.25, 0.3) is 0 Å². The average molecular weight is 357 g/mol. The first-order valence-corrected chi connectivity index (χ1v) is 9.53. The number of nitrogens with zero attached hydrogens (tertiary/aromatic N) is 2. The predicted octanol–water partition coefficient (Wildman–Crippen LogP) is 2.59. The van der Waals surface area contributed by atoms with E-state index in [4.69, 9.17) is 4.74 Å². The molecule has 0 aliphatic carbocycles. The Labute approximate surface area is 151 Å². The number of hydrogen-bond donors (Lipinski definition) is 1. The smallest absolute Gasteiger partial charge is 0.192 e. The van der Waals surface area contributed by atoms with E-state index in [1.165, 1.54) is 18.9 Å². The summed E-state index contributed by atoms with van der Waals surface area (Å²) in [5.41, 5.74) is 1.79. The Morgan fingerprint density at radius 2 is 2.19 bits per heavy atom. The van der Waals surface area contributed by atoms with Crippen LogP contribution < -0.4 is 20.4 Å². The molecule has 5 nitrogen and oxygen atoms in total. The zero-order chi connectivity index (χ0) is 18.0. The lowest BCUT2D eigenvalue weighted by Gasteiger charge is -2.31. The second kappa shape index (κ2) is 5.71. The zero-order valence-electron chi connectivity index (χ0n) is 15.2. The van der Waals surface area contributed by atoms with Crippen LogP contribution in [0.2, 0.25) is 0 Å². The van der Waals surface area contributed by atoms with Crippen LogP contribution in [0.1, 0.15) is 31.4 Å². The minimum absolute atomic E-state index is 0.114. The fourth-order valence-corrected chi connectivity index (χ4v) is 4.87. The van der Waals surface area contributed by atoms with E-state index in [0.29, 0.717) is 41.0 Å². The maximum atomic E-state index is 15.2. The van der Waals surface area contributed by atoms with Gasteiger partial charge in [-0.15, -0.1) is 0 Å². The Balaban J connectivity index is 1.71. The predicted molar refractivity (Wildman–Crippen MR) is 99.8 cm³/mol. The van der Waals surface area contributed by atoms with Gasteiger partial charge in [0.1, 0.15) is 12.3 Å². The van der Waals surface area contributed by atoms with Gasteiger partial charge in [-0.25, -0.2) is 4.39 Å². The lowest BCUT2D eigenvalue weighted by molar-refractivity contribution is 0.246. The molecule has 0 spiro atoms. The molecule has 0 radical (unpaired) electrons. The van der Waals surface area contributed by atoms with Gasteiger partial charge in [0, 0.05) is 30.9 Å². The van der Waals surface area contributed by atoms with Gasteiger partial charge in [0.05, 0.1) is 16.9 Å². The third kappa shape index (κ3) is 2.21. The molecule has 2 saturated heterocycles. The maximum Gasteiger partial charge on any atom is 0.192 e. The molecule has 0 saturated carbocycles. The average Bonchev–Trinajstić information content (AvgIpc) is 3.05. The second-order valence-corrected chi connectivity index (χ2v) is 8.01. The number of aromatic nitrogens is 1. The van der Waals surface area contributed by atoms with Crippen molar-refractivity contribution in [1.29, 1.82) is 0 Å². The number of fused-ring (bicyclic) bond motifs is 1. The van der Waals surface area contributed by atoms with Gasteiger partial charge in [0.15, 0.2) is 17.0 Å². The van der Waals surface area contributed by atoms with E-state index in [1.807, 2.05) is 6.20 Å². The summed E-state index contributed by atoms with van der Waals surface area (Å²) in [6.45, 7) is 6.99. The van der Waals surface area contributed by atoms with Gasteiger partial charge in [-0.1, -0.05) is 0 Å². The molecule has 3 atom stereocenters. The first kappa shape index (κ1) is 16.1. The standard InChI is InChI=1S/C20H24FN3O2/c1-11-7-24-12(2)10-26-20-17(24)14(19(11)25)6-15(21)18(20)23-8-13-4-3-5-22-16(13)9-23/h6-7,12-13,16,22H,3-5,8-10H2,1-2H3/t12?,13-,16+/m0/s1. The highest BCUT2D eigenvalue weighted by molar-refractivity contribution is 5.92. The van der Waals surface area contributed by atoms with E-state index in [-0.39, 0.29) is 17.3 Å². The first-order valence-electron chi connectivity index (χ1n) is 9.53. The molecule has 26 heavy (non-hydrogen) atoms. The Kier molecular flexibility index (Phi) is 3.54. The van der Waals surface area contributed by atoms with E-state index in [2.05, 4.69) is 21.7 Å². The highest BCUT2D eigenvalue weighted by Crippen LogP contribution is 2.43. The lowest BCUT2D eigenvalue weighted by Crippen LogP contribution is -2.40. The van der Waals surface area contributed by atoms with Crippen LogP contribution in [0.3, 0.4) is 0 Å². The van der Waals surface area contributed by atoms with Crippen molar-refractivity contribution in [2.75, 3.05) is 31.1 Å². The summed E-state index contributed by atoms with van der Waals surface area (Å²) in [5.74, 6) is 0.734. The summed E-state index contributed by atoms with van der Waals surface area (Å²) in [4.78, 5) is 14.7. The largest absolute Gasteiger partial charge is 0.487 e. The van der Waals surface area contributed by atoms with Crippen LogP contribution in [0, 0.1) is 18.7 Å². The summed E-state index contributed by atoms with van der Waals surface area (Å²) < 4.78 is 23.3. The molecule has 3 aliphatic rings. The summed E-state index contributed by atoms with van der Waals surface area (Å²) in [6, 6.07) is 1.94. The summed E-state index contributed by atoms with van der Waals surface area (Å²) in [5, 5.41) is 3.98. The van der Waals surface area contributed by atoms with Crippen LogP contribution in [0.4, 0.5) is 10.1 Å². The van der Waals surface area contributed by atoms with Crippen LogP contribution in [-0.4, -0.2) is 36.9 Å². The fraction of sp³-hybridized carbons (Fsp3) is 0.550. The summed E-state index contributed by atoms with van der Waals surface area (Å²) in [7, 11) is 0. The first-order chi connectivity index (χ1) is 12.5. The van der Waals surface area contributed by atoms with Crippen molar-refractivity contribution in [2.24, 2.45) is 5.92 Å². The number of ether oxygens (including phenoxy) is 1. The number of aryl methyl sites for hydroxylation is 1. The van der Waals surface area contributed by atoms with E-state index in [9.17, 15) is 4.79 Å². The van der Waals surface area contributed by atoms with Gasteiger partial charge >= 0.3 is 0 Å². The molecular weight excluding hydrogens is 333 g/mol. The number of pyridine rings is 1. The molecule has 0 bridgehead atoms. The monoisotopic (exact) mass is 357 g/mol. The van der Waals surface area contributed by atoms with E-state index >= 15 is 4.39 Å². The van der Waals surface area contributed by atoms with Crippen LogP contribution in [0.5, 0.6) is 5.75 Å². The minimum Gasteiger partial charge on any atom is -0.487 e. The van der Waals surface area contributed by atoms with Crippen LogP contribution >= 0.6 is 0 Å². The molecule has 3 aliphatic heterocycles. The molecule has 6 heteroatoms. The van der Waals surface area contributed by atoms with Crippen LogP contribution in [0.15, 0.2) is 17.1 Å². The van der Waals surface area contributed by atoms with Crippen molar-refractivity contribution < 1.29 is 9.13 Å². The van der Waals surface area contributed by atoms with Gasteiger partial charge in [-0.3, -0.25) is 4.79 Å². The molecule has 2 aromatic rings. The molecule has 4 heterocycles. The summed E-state index contributed by atoms with van der Waals surface area (Å²) in [6.07, 6.45) is 4.24. The number of rotatable bonds is 1. The fourth-order valence-electron chi connectivity index (χ4n) is 4.87. The number of benzene rings is 1. The van der Waals surface area contributed by atoms with E-state index in [0.717, 1.165) is 25.2 Å². The highest BCUT2D eigenvalue weighted by atomic mass is 19.1. The highest BCUT2D eigenvalue weighted by Gasteiger charge is 2.38. The molecule has 1 aromatic carbocycles. The van der Waals surface area contributed by atoms with Gasteiger partial charge < -0.3 is 19.5 Å². The third-order valence-corrected chi connectivity index (χ3v) is 6.24. The molecule has 5 rings (SSSR count). The maximum absolute atomic E-state index is 15.2. The van der Waals surface area contributed by atoms with Gasteiger partial charge in [-0.2, -0.15) is 0 Å². The Hall–Kier alpha value is -2.08. The SMILES string of the molecule is Cc1cn2c3c(c(N4C[C@@H]5CCCN[C@@H]5C4)c(F)cc3c1=O)OCC2C. The molecule has 1 N–H and O–H groups in total. The molecule has 1 aromatic heterocycles.